The van der Waals surface area contributed by atoms with E-state index < -0.39 is 6.09 Å². The molecule has 1 aliphatic heterocycles. The molecule has 4 rings (SSSR count). The van der Waals surface area contributed by atoms with Crippen LogP contribution in [0.15, 0.2) is 36.5 Å². The minimum Gasteiger partial charge on any atom is -0.453 e. The Balaban J connectivity index is 1.62. The second kappa shape index (κ2) is 13.4. The molecule has 9 heteroatoms. The van der Waals surface area contributed by atoms with Gasteiger partial charge in [-0.15, -0.1) is 0 Å². The molecule has 2 heterocycles. The van der Waals surface area contributed by atoms with Gasteiger partial charge in [0.15, 0.2) is 0 Å². The van der Waals surface area contributed by atoms with Crippen molar-refractivity contribution in [1.29, 1.82) is 0 Å². The fraction of sp³-hybridized carbons (Fsp3) is 0.517. The monoisotopic (exact) mass is 521 g/mol. The van der Waals surface area contributed by atoms with Gasteiger partial charge in [-0.3, -0.25) is 19.9 Å². The molecule has 0 spiro atoms. The predicted octanol–water partition coefficient (Wildman–Crippen LogP) is 5.14. The van der Waals surface area contributed by atoms with E-state index >= 15 is 0 Å². The van der Waals surface area contributed by atoms with Gasteiger partial charge >= 0.3 is 6.09 Å². The lowest BCUT2D eigenvalue weighted by Crippen LogP contribution is -2.37. The Hall–Kier alpha value is -3.46. The number of carbonyl (C=O) groups excluding carboxylic acids is 3. The first-order valence-corrected chi connectivity index (χ1v) is 13.7. The Morgan fingerprint density at radius 3 is 2.61 bits per heavy atom. The molecule has 1 aromatic carbocycles. The van der Waals surface area contributed by atoms with Crippen LogP contribution >= 0.6 is 0 Å². The van der Waals surface area contributed by atoms with Crippen LogP contribution in [0.1, 0.15) is 75.9 Å². The van der Waals surface area contributed by atoms with Crippen LogP contribution in [-0.2, 0) is 14.3 Å². The molecular weight excluding hydrogens is 482 g/mol. The number of ether oxygens (including phenoxy) is 1. The molecule has 0 saturated heterocycles. The average Bonchev–Trinajstić information content (AvgIpc) is 2.93. The molecule has 1 aliphatic carbocycles. The summed E-state index contributed by atoms with van der Waals surface area (Å²) in [7, 11) is 1.30. The van der Waals surface area contributed by atoms with Crippen LogP contribution in [0.5, 0.6) is 0 Å². The second-order valence-electron chi connectivity index (χ2n) is 10.4. The Labute approximate surface area is 224 Å². The summed E-state index contributed by atoms with van der Waals surface area (Å²) in [6.07, 6.45) is 9.77. The SMILES string of the molecule is COC(=O)Nc1ccc2c(c1)NC(=O)CCCCCC[C@H](NC(=O)[C@H]1CC[C@H](CN)CC1)c1cc-2ccn1. The summed E-state index contributed by atoms with van der Waals surface area (Å²) >= 11 is 0. The van der Waals surface area contributed by atoms with Crippen molar-refractivity contribution in [1.82, 2.24) is 10.3 Å². The van der Waals surface area contributed by atoms with Crippen molar-refractivity contribution in [3.63, 3.8) is 0 Å². The van der Waals surface area contributed by atoms with Crippen LogP contribution in [0.3, 0.4) is 0 Å². The third-order valence-electron chi connectivity index (χ3n) is 7.69. The van der Waals surface area contributed by atoms with Crippen molar-refractivity contribution < 1.29 is 19.1 Å². The van der Waals surface area contributed by atoms with Gasteiger partial charge in [0, 0.05) is 29.8 Å². The number of fused-ring (bicyclic) bond motifs is 4. The number of carbonyl (C=O) groups is 3. The maximum absolute atomic E-state index is 13.3. The lowest BCUT2D eigenvalue weighted by Gasteiger charge is -2.28. The van der Waals surface area contributed by atoms with Crippen LogP contribution in [-0.4, -0.2) is 36.5 Å². The number of nitrogens with zero attached hydrogens (tertiary/aromatic N) is 1. The van der Waals surface area contributed by atoms with E-state index in [0.29, 0.717) is 30.3 Å². The molecule has 3 amide bonds. The summed E-state index contributed by atoms with van der Waals surface area (Å²) in [5.41, 5.74) is 9.42. The molecule has 9 nitrogen and oxygen atoms in total. The van der Waals surface area contributed by atoms with Gasteiger partial charge < -0.3 is 21.1 Å². The van der Waals surface area contributed by atoms with Gasteiger partial charge in [0.05, 0.1) is 24.5 Å². The van der Waals surface area contributed by atoms with E-state index in [-0.39, 0.29) is 23.8 Å². The zero-order valence-corrected chi connectivity index (χ0v) is 22.1. The summed E-state index contributed by atoms with van der Waals surface area (Å²) < 4.78 is 4.70. The number of rotatable bonds is 4. The van der Waals surface area contributed by atoms with Crippen molar-refractivity contribution in [2.45, 2.75) is 70.3 Å². The smallest absolute Gasteiger partial charge is 0.411 e. The van der Waals surface area contributed by atoms with E-state index in [1.54, 1.807) is 18.3 Å². The van der Waals surface area contributed by atoms with E-state index in [0.717, 1.165) is 74.6 Å². The summed E-state index contributed by atoms with van der Waals surface area (Å²) in [6.45, 7) is 0.690. The normalized spacial score (nSPS) is 22.3. The number of hydrogen-bond donors (Lipinski definition) is 4. The number of methoxy groups -OCH3 is 1. The van der Waals surface area contributed by atoms with Gasteiger partial charge in [0.25, 0.3) is 0 Å². The van der Waals surface area contributed by atoms with Gasteiger partial charge in [-0.2, -0.15) is 0 Å². The molecular formula is C29H39N5O4. The highest BCUT2D eigenvalue weighted by Gasteiger charge is 2.28. The molecule has 2 bridgehead atoms. The van der Waals surface area contributed by atoms with E-state index in [9.17, 15) is 14.4 Å². The number of benzene rings is 1. The summed E-state index contributed by atoms with van der Waals surface area (Å²) in [6, 6.07) is 9.04. The topological polar surface area (TPSA) is 135 Å². The maximum Gasteiger partial charge on any atom is 0.411 e. The molecule has 1 saturated carbocycles. The van der Waals surface area contributed by atoms with Gasteiger partial charge in [-0.05, 0) is 80.8 Å². The maximum atomic E-state index is 13.3. The van der Waals surface area contributed by atoms with Crippen LogP contribution in [0.2, 0.25) is 0 Å². The molecule has 0 unspecified atom stereocenters. The zero-order valence-electron chi connectivity index (χ0n) is 22.1. The van der Waals surface area contributed by atoms with Crippen molar-refractivity contribution in [3.05, 3.63) is 42.2 Å². The predicted molar refractivity (Wildman–Crippen MR) is 147 cm³/mol. The number of pyridine rings is 1. The molecule has 38 heavy (non-hydrogen) atoms. The standard InChI is InChI=1S/C29H39N5O4/c1-38-29(37)32-22-12-13-23-21-14-15-31-26(16-21)24(34-28(36)20-10-8-19(18-30)9-11-20)6-4-2-3-5-7-27(35)33-25(23)17-22/h12-17,19-20,24H,2-11,18,30H2,1H3,(H,32,37)(H,33,35)(H,34,36)/t19-,20-,24-/m0/s1. The lowest BCUT2D eigenvalue weighted by molar-refractivity contribution is -0.127. The summed E-state index contributed by atoms with van der Waals surface area (Å²) in [5, 5.41) is 8.99. The molecule has 0 radical (unpaired) electrons. The number of nitrogens with two attached hydrogens (primary N) is 1. The molecule has 1 aromatic heterocycles. The van der Waals surface area contributed by atoms with Gasteiger partial charge in [-0.1, -0.05) is 25.3 Å². The van der Waals surface area contributed by atoms with Crippen molar-refractivity contribution in [2.24, 2.45) is 17.6 Å². The van der Waals surface area contributed by atoms with E-state index in [1.165, 1.54) is 7.11 Å². The Kier molecular flexibility index (Phi) is 9.70. The number of hydrogen-bond acceptors (Lipinski definition) is 6. The van der Waals surface area contributed by atoms with Crippen LogP contribution in [0, 0.1) is 11.8 Å². The van der Waals surface area contributed by atoms with E-state index in [4.69, 9.17) is 10.5 Å². The first-order valence-electron chi connectivity index (χ1n) is 13.7. The molecule has 5 N–H and O–H groups in total. The Bertz CT molecular complexity index is 1130. The molecule has 1 atom stereocenters. The van der Waals surface area contributed by atoms with Crippen molar-refractivity contribution in [3.8, 4) is 11.1 Å². The number of anilines is 2. The van der Waals surface area contributed by atoms with Crippen molar-refractivity contribution in [2.75, 3.05) is 24.3 Å². The van der Waals surface area contributed by atoms with Crippen LogP contribution in [0.4, 0.5) is 16.2 Å². The lowest BCUT2D eigenvalue weighted by atomic mass is 9.81. The highest BCUT2D eigenvalue weighted by atomic mass is 16.5. The first-order chi connectivity index (χ1) is 18.5. The molecule has 2 aromatic rings. The third kappa shape index (κ3) is 7.31. The molecule has 1 fully saturated rings. The zero-order chi connectivity index (χ0) is 26.9. The first kappa shape index (κ1) is 27.6. The summed E-state index contributed by atoms with van der Waals surface area (Å²) in [4.78, 5) is 42.3. The summed E-state index contributed by atoms with van der Waals surface area (Å²) in [5.74, 6) is 0.577. The number of aromatic nitrogens is 1. The van der Waals surface area contributed by atoms with E-state index in [2.05, 4.69) is 20.9 Å². The van der Waals surface area contributed by atoms with Crippen LogP contribution in [0.25, 0.3) is 11.1 Å². The Morgan fingerprint density at radius 2 is 1.84 bits per heavy atom. The molecule has 2 aliphatic rings. The second-order valence-corrected chi connectivity index (χ2v) is 10.4. The average molecular weight is 522 g/mol. The number of amides is 3. The van der Waals surface area contributed by atoms with Gasteiger partial charge in [0.1, 0.15) is 0 Å². The van der Waals surface area contributed by atoms with Crippen molar-refractivity contribution >= 4 is 29.3 Å². The minimum atomic E-state index is -0.585. The number of nitrogens with one attached hydrogen (secondary N) is 3. The highest BCUT2D eigenvalue weighted by molar-refractivity contribution is 5.97. The third-order valence-corrected chi connectivity index (χ3v) is 7.69. The fourth-order valence-electron chi connectivity index (χ4n) is 5.40. The van der Waals surface area contributed by atoms with E-state index in [1.807, 2.05) is 18.2 Å². The quantitative estimate of drug-likeness (QED) is 0.440. The van der Waals surface area contributed by atoms with Gasteiger partial charge in [-0.25, -0.2) is 4.79 Å². The van der Waals surface area contributed by atoms with Crippen LogP contribution < -0.4 is 21.7 Å². The molecule has 204 valence electrons. The van der Waals surface area contributed by atoms with Gasteiger partial charge in [0.2, 0.25) is 11.8 Å². The largest absolute Gasteiger partial charge is 0.453 e. The Morgan fingerprint density at radius 1 is 1.05 bits per heavy atom. The minimum absolute atomic E-state index is 0.0192. The highest BCUT2D eigenvalue weighted by Crippen LogP contribution is 2.34. The fourth-order valence-corrected chi connectivity index (χ4v) is 5.40.